The third-order valence-corrected chi connectivity index (χ3v) is 8.61. The van der Waals surface area contributed by atoms with Gasteiger partial charge in [-0.15, -0.1) is 11.3 Å². The molecule has 8 rings (SSSR count). The standard InChI is InChI=1S/C33H20N2S.C4H6.C2H6/c1-2-7-23-20-24(12-11-21(23)6-1)22-13-15-25(16-14-22)35-28-18-17-27-26-8-3-4-10-30(26)36-33(27)31(28)32-29(35)9-5-19-34-32;1-3-4-2;1-2/h1-20H;3-4H,1-2H2;1-2H3. The summed E-state index contributed by atoms with van der Waals surface area (Å²) >= 11 is 1.86. The van der Waals surface area contributed by atoms with Crippen LogP contribution < -0.4 is 0 Å². The highest BCUT2D eigenvalue weighted by atomic mass is 32.1. The van der Waals surface area contributed by atoms with Crippen LogP contribution in [0.4, 0.5) is 0 Å². The largest absolute Gasteiger partial charge is 0.308 e. The first kappa shape index (κ1) is 27.2. The Kier molecular flexibility index (Phi) is 7.68. The van der Waals surface area contributed by atoms with E-state index in [0.29, 0.717) is 0 Å². The Morgan fingerprint density at radius 2 is 1.36 bits per heavy atom. The second-order valence-corrected chi connectivity index (χ2v) is 10.8. The lowest BCUT2D eigenvalue weighted by molar-refractivity contribution is 1.18. The Morgan fingerprint density at radius 1 is 0.643 bits per heavy atom. The normalized spacial score (nSPS) is 10.8. The van der Waals surface area contributed by atoms with E-state index in [0.717, 1.165) is 16.7 Å². The topological polar surface area (TPSA) is 17.8 Å². The first-order valence-electron chi connectivity index (χ1n) is 14.3. The zero-order valence-corrected chi connectivity index (χ0v) is 24.7. The number of nitrogens with zero attached hydrogens (tertiary/aromatic N) is 2. The van der Waals surface area contributed by atoms with Gasteiger partial charge in [-0.1, -0.05) is 112 Å². The van der Waals surface area contributed by atoms with Gasteiger partial charge in [-0.2, -0.15) is 0 Å². The Labute approximate surface area is 250 Å². The molecule has 0 aliphatic heterocycles. The highest BCUT2D eigenvalue weighted by molar-refractivity contribution is 7.26. The van der Waals surface area contributed by atoms with Gasteiger partial charge in [0.2, 0.25) is 0 Å². The molecule has 0 aliphatic carbocycles. The summed E-state index contributed by atoms with van der Waals surface area (Å²) in [4.78, 5) is 4.86. The SMILES string of the molecule is C=CC=C.CC.c1ccc2cc(-c3ccc(-n4c5cccnc5c5c6sc7ccccc7c6ccc54)cc3)ccc2c1. The van der Waals surface area contributed by atoms with Crippen LogP contribution in [0.3, 0.4) is 0 Å². The van der Waals surface area contributed by atoms with Crippen LogP contribution in [0.1, 0.15) is 13.8 Å². The number of hydrogen-bond donors (Lipinski definition) is 0. The Bertz CT molecular complexity index is 2190. The van der Waals surface area contributed by atoms with Crippen molar-refractivity contribution in [2.24, 2.45) is 0 Å². The number of pyridine rings is 1. The lowest BCUT2D eigenvalue weighted by Gasteiger charge is -2.10. The molecule has 3 aromatic heterocycles. The third kappa shape index (κ3) is 4.68. The summed E-state index contributed by atoms with van der Waals surface area (Å²) in [5.41, 5.74) is 6.99. The fourth-order valence-corrected chi connectivity index (χ4v) is 6.79. The maximum atomic E-state index is 4.86. The summed E-state index contributed by atoms with van der Waals surface area (Å²) in [6, 6.07) is 41.5. The predicted octanol–water partition coefficient (Wildman–Crippen LogP) is 11.8. The molecule has 0 aliphatic rings. The third-order valence-electron chi connectivity index (χ3n) is 7.40. The summed E-state index contributed by atoms with van der Waals surface area (Å²) in [5, 5.41) is 6.39. The zero-order valence-electron chi connectivity index (χ0n) is 23.9. The van der Waals surface area contributed by atoms with Crippen molar-refractivity contribution in [3.05, 3.63) is 147 Å². The summed E-state index contributed by atoms with van der Waals surface area (Å²) in [7, 11) is 0. The molecule has 0 atom stereocenters. The minimum atomic E-state index is 1.06. The van der Waals surface area contributed by atoms with Crippen LogP contribution in [0, 0.1) is 0 Å². The molecule has 0 unspecified atom stereocenters. The molecule has 0 N–H and O–H groups in total. The first-order valence-corrected chi connectivity index (χ1v) is 15.1. The van der Waals surface area contributed by atoms with E-state index in [1.54, 1.807) is 12.2 Å². The van der Waals surface area contributed by atoms with Crippen molar-refractivity contribution in [2.75, 3.05) is 0 Å². The maximum absolute atomic E-state index is 4.86. The average Bonchev–Trinajstić information content (AvgIpc) is 3.61. The van der Waals surface area contributed by atoms with E-state index >= 15 is 0 Å². The van der Waals surface area contributed by atoms with E-state index in [1.165, 1.54) is 53.0 Å². The van der Waals surface area contributed by atoms with Gasteiger partial charge in [0.1, 0.15) is 0 Å². The van der Waals surface area contributed by atoms with E-state index in [-0.39, 0.29) is 0 Å². The van der Waals surface area contributed by atoms with Crippen LogP contribution in [0.2, 0.25) is 0 Å². The molecule has 0 bridgehead atoms. The van der Waals surface area contributed by atoms with Crippen molar-refractivity contribution >= 4 is 64.2 Å². The molecule has 0 radical (unpaired) electrons. The van der Waals surface area contributed by atoms with Crippen molar-refractivity contribution in [2.45, 2.75) is 13.8 Å². The molecule has 42 heavy (non-hydrogen) atoms. The smallest absolute Gasteiger partial charge is 0.0977 e. The minimum absolute atomic E-state index is 1.06. The van der Waals surface area contributed by atoms with Gasteiger partial charge in [0.25, 0.3) is 0 Å². The van der Waals surface area contributed by atoms with Crippen LogP contribution in [-0.2, 0) is 0 Å². The quantitative estimate of drug-likeness (QED) is 0.197. The predicted molar refractivity (Wildman–Crippen MR) is 186 cm³/mol. The number of aromatic nitrogens is 2. The summed E-state index contributed by atoms with van der Waals surface area (Å²) in [6.07, 6.45) is 5.18. The molecule has 0 saturated heterocycles. The van der Waals surface area contributed by atoms with Crippen LogP contribution in [0.25, 0.3) is 69.7 Å². The fourth-order valence-electron chi connectivity index (χ4n) is 5.54. The highest BCUT2D eigenvalue weighted by Gasteiger charge is 2.18. The lowest BCUT2D eigenvalue weighted by Crippen LogP contribution is -1.93. The molecule has 204 valence electrons. The fraction of sp³-hybridized carbons (Fsp3) is 0.0513. The van der Waals surface area contributed by atoms with Gasteiger partial charge in [-0.05, 0) is 64.4 Å². The summed E-state index contributed by atoms with van der Waals surface area (Å²) < 4.78 is 4.98. The van der Waals surface area contributed by atoms with Crippen molar-refractivity contribution in [1.29, 1.82) is 0 Å². The van der Waals surface area contributed by atoms with Crippen molar-refractivity contribution in [3.63, 3.8) is 0 Å². The molecule has 0 spiro atoms. The van der Waals surface area contributed by atoms with Gasteiger partial charge < -0.3 is 4.57 Å². The monoisotopic (exact) mass is 560 g/mol. The number of hydrogen-bond acceptors (Lipinski definition) is 2. The van der Waals surface area contributed by atoms with Gasteiger partial charge in [0, 0.05) is 37.4 Å². The summed E-state index contributed by atoms with van der Waals surface area (Å²) in [6.45, 7) is 10.7. The molecule has 3 heterocycles. The number of thiophene rings is 1. The van der Waals surface area contributed by atoms with E-state index in [9.17, 15) is 0 Å². The summed E-state index contributed by atoms with van der Waals surface area (Å²) in [5.74, 6) is 0. The van der Waals surface area contributed by atoms with Gasteiger partial charge in [-0.25, -0.2) is 0 Å². The van der Waals surface area contributed by atoms with Crippen LogP contribution in [0.5, 0.6) is 0 Å². The molecule has 0 fully saturated rings. The molecule has 0 saturated carbocycles. The molecule has 8 aromatic rings. The lowest BCUT2D eigenvalue weighted by atomic mass is 10.0. The van der Waals surface area contributed by atoms with Gasteiger partial charge >= 0.3 is 0 Å². The Hall–Kier alpha value is -4.99. The van der Waals surface area contributed by atoms with Crippen molar-refractivity contribution in [1.82, 2.24) is 9.55 Å². The van der Waals surface area contributed by atoms with Crippen LogP contribution >= 0.6 is 11.3 Å². The van der Waals surface area contributed by atoms with Gasteiger partial charge in [0.15, 0.2) is 0 Å². The molecular weight excluding hydrogens is 529 g/mol. The highest BCUT2D eigenvalue weighted by Crippen LogP contribution is 2.42. The van der Waals surface area contributed by atoms with Gasteiger partial charge in [-0.3, -0.25) is 4.98 Å². The van der Waals surface area contributed by atoms with Gasteiger partial charge in [0.05, 0.1) is 16.6 Å². The van der Waals surface area contributed by atoms with E-state index in [4.69, 9.17) is 4.98 Å². The maximum Gasteiger partial charge on any atom is 0.0977 e. The number of allylic oxidation sites excluding steroid dienone is 2. The van der Waals surface area contributed by atoms with Crippen molar-refractivity contribution < 1.29 is 0 Å². The van der Waals surface area contributed by atoms with Crippen LogP contribution in [0.15, 0.2) is 147 Å². The number of rotatable bonds is 3. The Balaban J connectivity index is 0.000000488. The molecule has 3 heteroatoms. The van der Waals surface area contributed by atoms with Crippen LogP contribution in [-0.4, -0.2) is 9.55 Å². The minimum Gasteiger partial charge on any atom is -0.308 e. The second kappa shape index (κ2) is 11.9. The van der Waals surface area contributed by atoms with Crippen molar-refractivity contribution in [3.8, 4) is 16.8 Å². The van der Waals surface area contributed by atoms with E-state index in [1.807, 2.05) is 37.4 Å². The van der Waals surface area contributed by atoms with E-state index in [2.05, 4.69) is 127 Å². The first-order chi connectivity index (χ1) is 20.8. The number of fused-ring (bicyclic) bond motifs is 8. The zero-order chi connectivity index (χ0) is 29.1. The molecule has 0 amide bonds. The molecule has 2 nitrogen and oxygen atoms in total. The van der Waals surface area contributed by atoms with E-state index < -0.39 is 0 Å². The molecular formula is C39H32N2S. The average molecular weight is 561 g/mol. The Morgan fingerprint density at radius 3 is 2.14 bits per heavy atom. The second-order valence-electron chi connectivity index (χ2n) is 9.72. The molecule has 5 aromatic carbocycles. The number of benzene rings is 5.